The van der Waals surface area contributed by atoms with E-state index < -0.39 is 0 Å². The van der Waals surface area contributed by atoms with E-state index in [1.807, 2.05) is 0 Å². The van der Waals surface area contributed by atoms with Crippen LogP contribution >= 0.6 is 0 Å². The van der Waals surface area contributed by atoms with E-state index in [2.05, 4.69) is 41.8 Å². The van der Waals surface area contributed by atoms with Gasteiger partial charge in [0.2, 0.25) is 0 Å². The summed E-state index contributed by atoms with van der Waals surface area (Å²) in [7, 11) is 0. The fourth-order valence-electron chi connectivity index (χ4n) is 3.19. The van der Waals surface area contributed by atoms with Crippen LogP contribution in [0.15, 0.2) is 24.3 Å². The molecule has 1 unspecified atom stereocenters. The summed E-state index contributed by atoms with van der Waals surface area (Å²) in [4.78, 5) is 0. The van der Waals surface area contributed by atoms with Gasteiger partial charge in [0.25, 0.3) is 0 Å². The van der Waals surface area contributed by atoms with Gasteiger partial charge in [0.1, 0.15) is 0 Å². The number of hydrogen-bond acceptors (Lipinski definition) is 2. The fourth-order valence-corrected chi connectivity index (χ4v) is 3.19. The molecule has 0 amide bonds. The first kappa shape index (κ1) is 12.0. The molecule has 1 fully saturated rings. The summed E-state index contributed by atoms with van der Waals surface area (Å²) in [5.41, 5.74) is 3.41. The molecule has 2 aliphatic rings. The highest BCUT2D eigenvalue weighted by atomic mass is 14.9. The summed E-state index contributed by atoms with van der Waals surface area (Å²) in [6, 6.07) is 8.70. The summed E-state index contributed by atoms with van der Waals surface area (Å²) in [5, 5.41) is 7.24. The Balaban J connectivity index is 1.48. The van der Waals surface area contributed by atoms with Gasteiger partial charge in [0.15, 0.2) is 0 Å². The van der Waals surface area contributed by atoms with Crippen molar-refractivity contribution in [3.63, 3.8) is 0 Å². The highest BCUT2D eigenvalue weighted by Gasteiger charge is 2.31. The van der Waals surface area contributed by atoms with Crippen molar-refractivity contribution < 1.29 is 0 Å². The molecular formula is C16H24N2. The predicted octanol–water partition coefficient (Wildman–Crippen LogP) is 3.05. The molecule has 1 aliphatic heterocycles. The zero-order chi connectivity index (χ0) is 12.4. The second-order valence-corrected chi connectivity index (χ2v) is 6.40. The Labute approximate surface area is 110 Å². The number of nitrogens with one attached hydrogen (secondary N) is 2. The van der Waals surface area contributed by atoms with Crippen molar-refractivity contribution in [3.05, 3.63) is 29.8 Å². The Hall–Kier alpha value is -1.02. The van der Waals surface area contributed by atoms with Gasteiger partial charge >= 0.3 is 0 Å². The minimum atomic E-state index is 0.597. The van der Waals surface area contributed by atoms with Crippen LogP contribution in [0.1, 0.15) is 31.7 Å². The minimum absolute atomic E-state index is 0.597. The lowest BCUT2D eigenvalue weighted by molar-refractivity contribution is 0.154. The molecule has 0 spiro atoms. The van der Waals surface area contributed by atoms with Crippen LogP contribution < -0.4 is 10.6 Å². The Morgan fingerprint density at radius 1 is 1.33 bits per heavy atom. The monoisotopic (exact) mass is 244 g/mol. The zero-order valence-corrected chi connectivity index (χ0v) is 11.3. The first-order valence-corrected chi connectivity index (χ1v) is 7.28. The van der Waals surface area contributed by atoms with Crippen molar-refractivity contribution in [2.75, 3.05) is 25.0 Å². The van der Waals surface area contributed by atoms with Gasteiger partial charge in [0, 0.05) is 18.8 Å². The Morgan fingerprint density at radius 3 is 2.94 bits per heavy atom. The molecule has 1 heterocycles. The average Bonchev–Trinajstić information content (AvgIpc) is 2.37. The molecule has 1 aromatic rings. The normalized spacial score (nSPS) is 24.8. The molecule has 1 saturated carbocycles. The van der Waals surface area contributed by atoms with Crippen molar-refractivity contribution >= 4 is 5.69 Å². The van der Waals surface area contributed by atoms with Crippen LogP contribution in [0.2, 0.25) is 0 Å². The number of para-hydroxylation sites is 1. The predicted molar refractivity (Wildman–Crippen MR) is 77.0 cm³/mol. The van der Waals surface area contributed by atoms with Crippen LogP contribution in [-0.4, -0.2) is 19.6 Å². The van der Waals surface area contributed by atoms with Crippen LogP contribution in [0.5, 0.6) is 0 Å². The van der Waals surface area contributed by atoms with Crippen molar-refractivity contribution in [2.24, 2.45) is 11.3 Å². The molecular weight excluding hydrogens is 220 g/mol. The topological polar surface area (TPSA) is 24.1 Å². The molecule has 98 valence electrons. The summed E-state index contributed by atoms with van der Waals surface area (Å²) >= 11 is 0. The Bertz CT molecular complexity index is 409. The molecule has 2 N–H and O–H groups in total. The third-order valence-electron chi connectivity index (χ3n) is 4.65. The SMILES string of the molecule is CC1(CNCC2CNc3ccccc3C2)CCC1. The molecule has 2 nitrogen and oxygen atoms in total. The summed E-state index contributed by atoms with van der Waals surface area (Å²) < 4.78 is 0. The van der Waals surface area contributed by atoms with Crippen molar-refractivity contribution in [2.45, 2.75) is 32.6 Å². The lowest BCUT2D eigenvalue weighted by Gasteiger charge is -2.39. The second-order valence-electron chi connectivity index (χ2n) is 6.40. The van der Waals surface area contributed by atoms with E-state index in [4.69, 9.17) is 0 Å². The number of benzene rings is 1. The molecule has 1 aliphatic carbocycles. The van der Waals surface area contributed by atoms with Crippen molar-refractivity contribution in [3.8, 4) is 0 Å². The average molecular weight is 244 g/mol. The van der Waals surface area contributed by atoms with E-state index in [0.717, 1.165) is 19.0 Å². The van der Waals surface area contributed by atoms with E-state index in [1.165, 1.54) is 43.5 Å². The largest absolute Gasteiger partial charge is 0.384 e. The quantitative estimate of drug-likeness (QED) is 0.850. The molecule has 1 aromatic carbocycles. The molecule has 0 aromatic heterocycles. The fraction of sp³-hybridized carbons (Fsp3) is 0.625. The van der Waals surface area contributed by atoms with E-state index in [1.54, 1.807) is 0 Å². The van der Waals surface area contributed by atoms with Gasteiger partial charge in [-0.2, -0.15) is 0 Å². The summed E-state index contributed by atoms with van der Waals surface area (Å²) in [6.07, 6.45) is 5.46. The lowest BCUT2D eigenvalue weighted by Crippen LogP contribution is -2.41. The van der Waals surface area contributed by atoms with E-state index >= 15 is 0 Å². The Morgan fingerprint density at radius 2 is 2.17 bits per heavy atom. The smallest absolute Gasteiger partial charge is 0.0372 e. The molecule has 0 saturated heterocycles. The number of fused-ring (bicyclic) bond motifs is 1. The molecule has 0 bridgehead atoms. The first-order valence-electron chi connectivity index (χ1n) is 7.28. The maximum absolute atomic E-state index is 3.69. The molecule has 1 atom stereocenters. The van der Waals surface area contributed by atoms with Gasteiger partial charge in [-0.25, -0.2) is 0 Å². The third-order valence-corrected chi connectivity index (χ3v) is 4.65. The number of anilines is 1. The van der Waals surface area contributed by atoms with Crippen molar-refractivity contribution in [1.82, 2.24) is 5.32 Å². The molecule has 2 heteroatoms. The van der Waals surface area contributed by atoms with Crippen LogP contribution in [0, 0.1) is 11.3 Å². The molecule has 0 radical (unpaired) electrons. The highest BCUT2D eigenvalue weighted by Crippen LogP contribution is 2.39. The standard InChI is InChI=1S/C16H24N2/c1-16(7-4-8-16)12-17-10-13-9-14-5-2-3-6-15(14)18-11-13/h2-3,5-6,13,17-18H,4,7-12H2,1H3. The van der Waals surface area contributed by atoms with Crippen LogP contribution in [0.25, 0.3) is 0 Å². The maximum atomic E-state index is 3.69. The van der Waals surface area contributed by atoms with Gasteiger partial charge in [-0.1, -0.05) is 31.5 Å². The van der Waals surface area contributed by atoms with Crippen LogP contribution in [0.4, 0.5) is 5.69 Å². The molecule has 18 heavy (non-hydrogen) atoms. The highest BCUT2D eigenvalue weighted by molar-refractivity contribution is 5.53. The Kier molecular flexibility index (Phi) is 3.29. The van der Waals surface area contributed by atoms with Gasteiger partial charge in [-0.3, -0.25) is 0 Å². The minimum Gasteiger partial charge on any atom is -0.384 e. The maximum Gasteiger partial charge on any atom is 0.0372 e. The lowest BCUT2D eigenvalue weighted by atomic mass is 9.70. The van der Waals surface area contributed by atoms with E-state index in [-0.39, 0.29) is 0 Å². The van der Waals surface area contributed by atoms with E-state index in [9.17, 15) is 0 Å². The number of hydrogen-bond donors (Lipinski definition) is 2. The van der Waals surface area contributed by atoms with Crippen molar-refractivity contribution in [1.29, 1.82) is 0 Å². The van der Waals surface area contributed by atoms with Gasteiger partial charge in [-0.15, -0.1) is 0 Å². The van der Waals surface area contributed by atoms with Gasteiger partial charge in [0.05, 0.1) is 0 Å². The third kappa shape index (κ3) is 2.54. The molecule has 3 rings (SSSR count). The van der Waals surface area contributed by atoms with E-state index in [0.29, 0.717) is 5.41 Å². The van der Waals surface area contributed by atoms with Gasteiger partial charge < -0.3 is 10.6 Å². The van der Waals surface area contributed by atoms with Crippen LogP contribution in [-0.2, 0) is 6.42 Å². The summed E-state index contributed by atoms with van der Waals surface area (Å²) in [6.45, 7) is 5.88. The van der Waals surface area contributed by atoms with Crippen LogP contribution in [0.3, 0.4) is 0 Å². The zero-order valence-electron chi connectivity index (χ0n) is 11.3. The van der Waals surface area contributed by atoms with Gasteiger partial charge in [-0.05, 0) is 48.8 Å². The second kappa shape index (κ2) is 4.93. The summed E-state index contributed by atoms with van der Waals surface area (Å²) in [5.74, 6) is 0.739. The first-order chi connectivity index (χ1) is 8.75. The number of rotatable bonds is 4.